The van der Waals surface area contributed by atoms with Gasteiger partial charge in [0.25, 0.3) is 0 Å². The molecule has 17 heavy (non-hydrogen) atoms. The zero-order valence-corrected chi connectivity index (χ0v) is 11.2. The summed E-state index contributed by atoms with van der Waals surface area (Å²) < 4.78 is 6.28. The van der Waals surface area contributed by atoms with E-state index in [4.69, 9.17) is 4.74 Å². The maximum atomic E-state index is 5.30. The van der Waals surface area contributed by atoms with Gasteiger partial charge in [-0.15, -0.1) is 0 Å². The van der Waals surface area contributed by atoms with Gasteiger partial charge in [-0.25, -0.2) is 4.98 Å². The Morgan fingerprint density at radius 1 is 1.29 bits per heavy atom. The predicted octanol–water partition coefficient (Wildman–Crippen LogP) is 3.21. The molecule has 0 bridgehead atoms. The average molecular weight is 292 g/mol. The first-order valence-electron chi connectivity index (χ1n) is 5.37. The van der Waals surface area contributed by atoms with Crippen LogP contribution in [0, 0.1) is 6.92 Å². The highest BCUT2D eigenvalue weighted by molar-refractivity contribution is 9.10. The number of ether oxygens (including phenoxy) is 1. The van der Waals surface area contributed by atoms with E-state index in [2.05, 4.69) is 45.0 Å². The highest BCUT2D eigenvalue weighted by atomic mass is 79.9. The molecule has 2 aromatic heterocycles. The van der Waals surface area contributed by atoms with Gasteiger partial charge in [0.15, 0.2) is 6.20 Å². The van der Waals surface area contributed by atoms with Crippen molar-refractivity contribution in [3.63, 3.8) is 0 Å². The fraction of sp³-hybridized carbons (Fsp3) is 0.154. The smallest absolute Gasteiger partial charge is 0.200 e. The average Bonchev–Trinajstić information content (AvgIpc) is 2.68. The molecular weight excluding hydrogens is 280 g/mol. The maximum Gasteiger partial charge on any atom is 0.200 e. The minimum Gasteiger partial charge on any atom is -0.495 e. The Labute approximate surface area is 107 Å². The third-order valence-electron chi connectivity index (χ3n) is 3.04. The molecule has 0 saturated carbocycles. The van der Waals surface area contributed by atoms with E-state index in [1.807, 2.05) is 12.3 Å². The number of fused-ring (bicyclic) bond motifs is 3. The Morgan fingerprint density at radius 3 is 2.88 bits per heavy atom. The number of aromatic amines is 2. The van der Waals surface area contributed by atoms with Crippen LogP contribution in [0.15, 0.2) is 28.9 Å². The first kappa shape index (κ1) is 10.6. The van der Waals surface area contributed by atoms with Crippen molar-refractivity contribution < 1.29 is 9.72 Å². The molecule has 0 saturated heterocycles. The normalized spacial score (nSPS) is 11.2. The van der Waals surface area contributed by atoms with E-state index in [1.54, 1.807) is 7.11 Å². The third kappa shape index (κ3) is 1.52. The lowest BCUT2D eigenvalue weighted by Gasteiger charge is -2.02. The van der Waals surface area contributed by atoms with Crippen LogP contribution in [-0.4, -0.2) is 12.1 Å². The molecule has 2 heterocycles. The summed E-state index contributed by atoms with van der Waals surface area (Å²) in [4.78, 5) is 6.62. The van der Waals surface area contributed by atoms with Crippen molar-refractivity contribution in [2.75, 3.05) is 7.11 Å². The molecule has 0 amide bonds. The minimum atomic E-state index is 0.839. The molecule has 4 heteroatoms. The molecule has 0 aliphatic rings. The topological polar surface area (TPSA) is 39.2 Å². The lowest BCUT2D eigenvalue weighted by Crippen LogP contribution is -2.05. The van der Waals surface area contributed by atoms with Crippen LogP contribution in [0.25, 0.3) is 21.8 Å². The van der Waals surface area contributed by atoms with E-state index < -0.39 is 0 Å². The molecule has 2 N–H and O–H groups in total. The van der Waals surface area contributed by atoms with E-state index in [9.17, 15) is 0 Å². The van der Waals surface area contributed by atoms with Gasteiger partial charge in [-0.1, -0.05) is 0 Å². The number of halogens is 1. The second kappa shape index (κ2) is 3.74. The molecule has 0 fully saturated rings. The zero-order chi connectivity index (χ0) is 12.0. The van der Waals surface area contributed by atoms with Gasteiger partial charge in [-0.3, -0.25) is 0 Å². The van der Waals surface area contributed by atoms with Crippen molar-refractivity contribution in [2.24, 2.45) is 0 Å². The summed E-state index contributed by atoms with van der Waals surface area (Å²) in [5.74, 6) is 0.839. The van der Waals surface area contributed by atoms with Gasteiger partial charge >= 0.3 is 0 Å². The van der Waals surface area contributed by atoms with Crippen molar-refractivity contribution >= 4 is 37.7 Å². The van der Waals surface area contributed by atoms with E-state index in [1.165, 1.54) is 10.8 Å². The number of pyridine rings is 1. The van der Waals surface area contributed by atoms with E-state index in [0.717, 1.165) is 26.9 Å². The quantitative estimate of drug-likeness (QED) is 0.735. The minimum absolute atomic E-state index is 0.839. The first-order chi connectivity index (χ1) is 8.20. The summed E-state index contributed by atoms with van der Waals surface area (Å²) in [5.41, 5.74) is 3.36. The second-order valence-corrected chi connectivity index (χ2v) is 4.90. The molecule has 0 unspecified atom stereocenters. The molecule has 3 nitrogen and oxygen atoms in total. The second-order valence-electron chi connectivity index (χ2n) is 4.05. The van der Waals surface area contributed by atoms with Gasteiger partial charge in [0.05, 0.1) is 17.1 Å². The Hall–Kier alpha value is -1.55. The summed E-state index contributed by atoms with van der Waals surface area (Å²) in [6.07, 6.45) is 1.96. The SMILES string of the molecule is COc1cc2[nH]c3c(C)[nH+]ccc3c2cc1Br. The van der Waals surface area contributed by atoms with E-state index in [0.29, 0.717) is 0 Å². The monoisotopic (exact) mass is 291 g/mol. The molecule has 3 aromatic rings. The molecule has 0 spiro atoms. The molecular formula is C13H12BrN2O+. The van der Waals surface area contributed by atoms with Crippen molar-refractivity contribution in [1.29, 1.82) is 0 Å². The predicted molar refractivity (Wildman–Crippen MR) is 71.3 cm³/mol. The lowest BCUT2D eigenvalue weighted by molar-refractivity contribution is -0.385. The van der Waals surface area contributed by atoms with Crippen LogP contribution in [0.2, 0.25) is 0 Å². The molecule has 1 aromatic carbocycles. The molecule has 0 aliphatic heterocycles. The largest absolute Gasteiger partial charge is 0.495 e. The number of aromatic nitrogens is 2. The maximum absolute atomic E-state index is 5.30. The zero-order valence-electron chi connectivity index (χ0n) is 9.60. The van der Waals surface area contributed by atoms with Gasteiger partial charge in [0, 0.05) is 29.8 Å². The number of benzene rings is 1. The van der Waals surface area contributed by atoms with Crippen LogP contribution in [0.1, 0.15) is 5.69 Å². The van der Waals surface area contributed by atoms with Crippen molar-refractivity contribution in [1.82, 2.24) is 4.98 Å². The summed E-state index contributed by atoms with van der Waals surface area (Å²) in [5, 5.41) is 2.42. The standard InChI is InChI=1S/C13H11BrN2O/c1-7-13-8(3-4-15-7)9-5-10(14)12(17-2)6-11(9)16-13/h3-6,16H,1-2H3/p+1. The number of hydrogen-bond acceptors (Lipinski definition) is 1. The summed E-state index contributed by atoms with van der Waals surface area (Å²) in [6.45, 7) is 2.06. The van der Waals surface area contributed by atoms with Gasteiger partial charge in [0.1, 0.15) is 11.3 Å². The molecule has 0 radical (unpaired) electrons. The van der Waals surface area contributed by atoms with Crippen LogP contribution in [0.4, 0.5) is 0 Å². The lowest BCUT2D eigenvalue weighted by atomic mass is 10.1. The molecule has 86 valence electrons. The Bertz CT molecular complexity index is 718. The van der Waals surface area contributed by atoms with E-state index in [-0.39, 0.29) is 0 Å². The highest BCUT2D eigenvalue weighted by Gasteiger charge is 2.12. The summed E-state index contributed by atoms with van der Waals surface area (Å²) >= 11 is 3.52. The fourth-order valence-electron chi connectivity index (χ4n) is 2.16. The highest BCUT2D eigenvalue weighted by Crippen LogP contribution is 2.34. The number of hydrogen-bond donors (Lipinski definition) is 1. The Balaban J connectivity index is 2.48. The van der Waals surface area contributed by atoms with E-state index >= 15 is 0 Å². The van der Waals surface area contributed by atoms with Crippen LogP contribution >= 0.6 is 15.9 Å². The van der Waals surface area contributed by atoms with Crippen LogP contribution in [-0.2, 0) is 0 Å². The van der Waals surface area contributed by atoms with Gasteiger partial charge < -0.3 is 9.72 Å². The Morgan fingerprint density at radius 2 is 2.12 bits per heavy atom. The molecule has 3 rings (SSSR count). The Kier molecular flexibility index (Phi) is 2.33. The van der Waals surface area contributed by atoms with Gasteiger partial charge in [-0.05, 0) is 22.0 Å². The molecule has 0 atom stereocenters. The number of methoxy groups -OCH3 is 1. The van der Waals surface area contributed by atoms with Crippen LogP contribution < -0.4 is 9.72 Å². The molecule has 0 aliphatic carbocycles. The fourth-order valence-corrected chi connectivity index (χ4v) is 2.67. The first-order valence-corrected chi connectivity index (χ1v) is 6.16. The van der Waals surface area contributed by atoms with Gasteiger partial charge in [-0.2, -0.15) is 0 Å². The van der Waals surface area contributed by atoms with Crippen LogP contribution in [0.3, 0.4) is 0 Å². The summed E-state index contributed by atoms with van der Waals surface area (Å²) in [6, 6.07) is 6.19. The third-order valence-corrected chi connectivity index (χ3v) is 3.66. The summed E-state index contributed by atoms with van der Waals surface area (Å²) in [7, 11) is 1.67. The van der Waals surface area contributed by atoms with Crippen molar-refractivity contribution in [3.8, 4) is 5.75 Å². The van der Waals surface area contributed by atoms with Crippen LogP contribution in [0.5, 0.6) is 5.75 Å². The number of H-pyrrole nitrogens is 2. The van der Waals surface area contributed by atoms with Gasteiger partial charge in [0.2, 0.25) is 5.69 Å². The van der Waals surface area contributed by atoms with Crippen molar-refractivity contribution in [3.05, 3.63) is 34.6 Å². The number of nitrogens with one attached hydrogen (secondary N) is 2. The number of aryl methyl sites for hydroxylation is 1. The number of rotatable bonds is 1. The van der Waals surface area contributed by atoms with Crippen molar-refractivity contribution in [2.45, 2.75) is 6.92 Å².